The lowest BCUT2D eigenvalue weighted by atomic mass is 10.3. The molecule has 0 radical (unpaired) electrons. The maximum Gasteiger partial charge on any atom is 0.125 e. The van der Waals surface area contributed by atoms with Crippen LogP contribution in [0.3, 0.4) is 0 Å². The first kappa shape index (κ1) is 8.51. The van der Waals surface area contributed by atoms with Gasteiger partial charge >= 0.3 is 0 Å². The third-order valence-electron chi connectivity index (χ3n) is 1.79. The third kappa shape index (κ3) is 1.65. The Balaban J connectivity index is 2.46. The van der Waals surface area contributed by atoms with Crippen molar-refractivity contribution in [3.8, 4) is 0 Å². The maximum absolute atomic E-state index is 4.29. The van der Waals surface area contributed by atoms with Gasteiger partial charge in [-0.25, -0.2) is 4.98 Å². The first-order valence-electron chi connectivity index (χ1n) is 4.36. The predicted octanol–water partition coefficient (Wildman–Crippen LogP) is 3.12. The second-order valence-corrected chi connectivity index (χ2v) is 4.16. The van der Waals surface area contributed by atoms with Gasteiger partial charge in [-0.15, -0.1) is 11.3 Å². The number of anilines is 1. The third-order valence-corrected chi connectivity index (χ3v) is 2.70. The van der Waals surface area contributed by atoms with Gasteiger partial charge in [-0.05, 0) is 26.0 Å². The van der Waals surface area contributed by atoms with E-state index in [1.165, 1.54) is 11.1 Å². The summed E-state index contributed by atoms with van der Waals surface area (Å²) in [5.74, 6) is 0. The van der Waals surface area contributed by atoms with E-state index in [-0.39, 0.29) is 0 Å². The molecule has 0 saturated heterocycles. The van der Waals surface area contributed by atoms with Gasteiger partial charge in [-0.2, -0.15) is 0 Å². The number of hydrogen-bond acceptors (Lipinski definition) is 3. The van der Waals surface area contributed by atoms with E-state index < -0.39 is 0 Å². The molecular formula is C10H12N2S. The molecule has 0 unspecified atom stereocenters. The first-order valence-corrected chi connectivity index (χ1v) is 5.24. The van der Waals surface area contributed by atoms with Gasteiger partial charge in [0.2, 0.25) is 0 Å². The summed E-state index contributed by atoms with van der Waals surface area (Å²) in [4.78, 5) is 5.39. The number of fused-ring (bicyclic) bond motifs is 1. The molecule has 2 nitrogen and oxygen atoms in total. The van der Waals surface area contributed by atoms with E-state index in [0.717, 1.165) is 4.83 Å². The van der Waals surface area contributed by atoms with Gasteiger partial charge in [-0.1, -0.05) is 0 Å². The van der Waals surface area contributed by atoms with Gasteiger partial charge in [0.1, 0.15) is 4.83 Å². The molecule has 0 atom stereocenters. The van der Waals surface area contributed by atoms with Crippen molar-refractivity contribution in [2.75, 3.05) is 5.32 Å². The fourth-order valence-electron chi connectivity index (χ4n) is 1.29. The monoisotopic (exact) mass is 192 g/mol. The Morgan fingerprint density at radius 1 is 1.46 bits per heavy atom. The SMILES string of the molecule is CC(C)Nc1csc2ncccc12. The fourth-order valence-corrected chi connectivity index (χ4v) is 2.14. The van der Waals surface area contributed by atoms with Crippen LogP contribution in [0, 0.1) is 0 Å². The van der Waals surface area contributed by atoms with E-state index in [1.807, 2.05) is 12.3 Å². The lowest BCUT2D eigenvalue weighted by Gasteiger charge is -2.07. The summed E-state index contributed by atoms with van der Waals surface area (Å²) in [7, 11) is 0. The Morgan fingerprint density at radius 2 is 2.31 bits per heavy atom. The summed E-state index contributed by atoms with van der Waals surface area (Å²) in [5, 5.41) is 6.74. The number of aromatic nitrogens is 1. The smallest absolute Gasteiger partial charge is 0.125 e. The Kier molecular flexibility index (Phi) is 2.19. The van der Waals surface area contributed by atoms with Crippen LogP contribution in [-0.4, -0.2) is 11.0 Å². The molecule has 0 saturated carbocycles. The van der Waals surface area contributed by atoms with E-state index >= 15 is 0 Å². The zero-order valence-corrected chi connectivity index (χ0v) is 8.56. The summed E-state index contributed by atoms with van der Waals surface area (Å²) in [5.41, 5.74) is 1.20. The molecule has 2 rings (SSSR count). The average molecular weight is 192 g/mol. The molecule has 0 amide bonds. The largest absolute Gasteiger partial charge is 0.382 e. The fraction of sp³-hybridized carbons (Fsp3) is 0.300. The van der Waals surface area contributed by atoms with Crippen molar-refractivity contribution in [1.29, 1.82) is 0 Å². The second-order valence-electron chi connectivity index (χ2n) is 3.30. The Bertz CT molecular complexity index is 406. The molecule has 0 fully saturated rings. The quantitative estimate of drug-likeness (QED) is 0.790. The van der Waals surface area contributed by atoms with E-state index in [4.69, 9.17) is 0 Å². The summed E-state index contributed by atoms with van der Waals surface area (Å²) >= 11 is 1.68. The van der Waals surface area contributed by atoms with Gasteiger partial charge in [0.15, 0.2) is 0 Å². The summed E-state index contributed by atoms with van der Waals surface area (Å²) < 4.78 is 0. The van der Waals surface area contributed by atoms with Gasteiger partial charge in [0.25, 0.3) is 0 Å². The lowest BCUT2D eigenvalue weighted by molar-refractivity contribution is 0.902. The topological polar surface area (TPSA) is 24.9 Å². The van der Waals surface area contributed by atoms with Gasteiger partial charge in [0, 0.05) is 23.0 Å². The number of hydrogen-bond donors (Lipinski definition) is 1. The predicted molar refractivity (Wildman–Crippen MR) is 58.4 cm³/mol. The highest BCUT2D eigenvalue weighted by Gasteiger charge is 2.03. The highest BCUT2D eigenvalue weighted by Crippen LogP contribution is 2.28. The van der Waals surface area contributed by atoms with Crippen LogP contribution in [0.25, 0.3) is 10.2 Å². The molecule has 0 aromatic carbocycles. The minimum absolute atomic E-state index is 0.470. The number of rotatable bonds is 2. The van der Waals surface area contributed by atoms with Crippen molar-refractivity contribution in [1.82, 2.24) is 4.98 Å². The van der Waals surface area contributed by atoms with Crippen LogP contribution in [-0.2, 0) is 0 Å². The van der Waals surface area contributed by atoms with Crippen LogP contribution in [0.4, 0.5) is 5.69 Å². The first-order chi connectivity index (χ1) is 6.27. The Morgan fingerprint density at radius 3 is 3.08 bits per heavy atom. The van der Waals surface area contributed by atoms with Gasteiger partial charge in [0.05, 0.1) is 5.69 Å². The van der Waals surface area contributed by atoms with Crippen LogP contribution < -0.4 is 5.32 Å². The molecule has 0 aliphatic rings. The number of thiophene rings is 1. The molecule has 13 heavy (non-hydrogen) atoms. The van der Waals surface area contributed by atoms with E-state index in [9.17, 15) is 0 Å². The molecule has 68 valence electrons. The molecule has 1 N–H and O–H groups in total. The van der Waals surface area contributed by atoms with Crippen molar-refractivity contribution in [3.63, 3.8) is 0 Å². The van der Waals surface area contributed by atoms with Crippen molar-refractivity contribution in [3.05, 3.63) is 23.7 Å². The zero-order valence-electron chi connectivity index (χ0n) is 7.74. The molecule has 2 aromatic rings. The number of nitrogens with zero attached hydrogens (tertiary/aromatic N) is 1. The normalized spacial score (nSPS) is 11.0. The zero-order chi connectivity index (χ0) is 9.26. The van der Waals surface area contributed by atoms with E-state index in [2.05, 4.69) is 35.6 Å². The average Bonchev–Trinajstić information content (AvgIpc) is 2.48. The molecule has 2 heterocycles. The summed E-state index contributed by atoms with van der Waals surface area (Å²) in [6.07, 6.45) is 1.83. The molecule has 2 aromatic heterocycles. The Hall–Kier alpha value is -1.09. The van der Waals surface area contributed by atoms with Crippen LogP contribution in [0.5, 0.6) is 0 Å². The van der Waals surface area contributed by atoms with Crippen LogP contribution >= 0.6 is 11.3 Å². The minimum atomic E-state index is 0.470. The highest BCUT2D eigenvalue weighted by molar-refractivity contribution is 7.17. The van der Waals surface area contributed by atoms with Crippen molar-refractivity contribution >= 4 is 27.2 Å². The number of pyridine rings is 1. The Labute approximate surface area is 81.6 Å². The molecule has 0 aliphatic heterocycles. The van der Waals surface area contributed by atoms with Gasteiger partial charge < -0.3 is 5.32 Å². The lowest BCUT2D eigenvalue weighted by Crippen LogP contribution is -2.08. The summed E-state index contributed by atoms with van der Waals surface area (Å²) in [6, 6.07) is 4.54. The second kappa shape index (κ2) is 3.34. The van der Waals surface area contributed by atoms with Gasteiger partial charge in [-0.3, -0.25) is 0 Å². The standard InChI is InChI=1S/C10H12N2S/c1-7(2)12-9-6-13-10-8(9)4-3-5-11-10/h3-7,12H,1-2H3. The number of nitrogens with one attached hydrogen (secondary N) is 1. The molecule has 0 aliphatic carbocycles. The van der Waals surface area contributed by atoms with Crippen molar-refractivity contribution < 1.29 is 0 Å². The highest BCUT2D eigenvalue weighted by atomic mass is 32.1. The van der Waals surface area contributed by atoms with E-state index in [0.29, 0.717) is 6.04 Å². The molecule has 0 bridgehead atoms. The summed E-state index contributed by atoms with van der Waals surface area (Å²) in [6.45, 7) is 4.28. The maximum atomic E-state index is 4.29. The minimum Gasteiger partial charge on any atom is -0.382 e. The van der Waals surface area contributed by atoms with Crippen LogP contribution in [0.1, 0.15) is 13.8 Å². The van der Waals surface area contributed by atoms with Crippen LogP contribution in [0.2, 0.25) is 0 Å². The molecule has 3 heteroatoms. The van der Waals surface area contributed by atoms with E-state index in [1.54, 1.807) is 11.3 Å². The van der Waals surface area contributed by atoms with Crippen molar-refractivity contribution in [2.45, 2.75) is 19.9 Å². The molecular weight excluding hydrogens is 180 g/mol. The van der Waals surface area contributed by atoms with Crippen LogP contribution in [0.15, 0.2) is 23.7 Å². The molecule has 0 spiro atoms. The van der Waals surface area contributed by atoms with Crippen molar-refractivity contribution in [2.24, 2.45) is 0 Å².